The number of hydrogen-bond donors (Lipinski definition) is 2. The highest BCUT2D eigenvalue weighted by Crippen LogP contribution is 2.34. The Labute approximate surface area is 124 Å². The first kappa shape index (κ1) is 15.0. The molecule has 20 heavy (non-hydrogen) atoms. The minimum atomic E-state index is -0.210. The molecule has 0 saturated carbocycles. The van der Waals surface area contributed by atoms with Crippen LogP contribution in [0, 0.1) is 6.92 Å². The van der Waals surface area contributed by atoms with E-state index in [1.165, 1.54) is 20.5 Å². The van der Waals surface area contributed by atoms with E-state index in [0.717, 1.165) is 19.4 Å². The van der Waals surface area contributed by atoms with Crippen LogP contribution in [-0.2, 0) is 4.79 Å². The maximum atomic E-state index is 10.7. The van der Waals surface area contributed by atoms with Crippen LogP contribution in [0.15, 0.2) is 24.3 Å². The molecule has 2 aromatic rings. The molecule has 0 aliphatic carbocycles. The lowest BCUT2D eigenvalue weighted by atomic mass is 10.1. The van der Waals surface area contributed by atoms with Gasteiger partial charge in [-0.05, 0) is 50.2 Å². The van der Waals surface area contributed by atoms with Crippen LogP contribution in [0.1, 0.15) is 42.7 Å². The van der Waals surface area contributed by atoms with Crippen LogP contribution < -0.4 is 11.1 Å². The number of fused-ring (bicyclic) bond motifs is 1. The van der Waals surface area contributed by atoms with Crippen LogP contribution in [0.5, 0.6) is 0 Å². The summed E-state index contributed by atoms with van der Waals surface area (Å²) in [6.07, 6.45) is 2.33. The van der Waals surface area contributed by atoms with E-state index in [9.17, 15) is 4.79 Å². The molecule has 0 saturated heterocycles. The number of thiophene rings is 1. The maximum Gasteiger partial charge on any atom is 0.217 e. The maximum absolute atomic E-state index is 10.7. The topological polar surface area (TPSA) is 55.1 Å². The summed E-state index contributed by atoms with van der Waals surface area (Å²) in [6, 6.07) is 8.89. The summed E-state index contributed by atoms with van der Waals surface area (Å²) < 4.78 is 1.35. The summed E-state index contributed by atoms with van der Waals surface area (Å²) in [5, 5.41) is 4.89. The van der Waals surface area contributed by atoms with Crippen molar-refractivity contribution in [2.24, 2.45) is 5.73 Å². The molecule has 0 aliphatic rings. The molecule has 3 nitrogen and oxygen atoms in total. The summed E-state index contributed by atoms with van der Waals surface area (Å²) in [6.45, 7) is 5.31. The van der Waals surface area contributed by atoms with Gasteiger partial charge in [0.15, 0.2) is 0 Å². The number of rotatable bonds is 7. The van der Waals surface area contributed by atoms with Gasteiger partial charge in [-0.3, -0.25) is 4.79 Å². The molecule has 1 unspecified atom stereocenters. The van der Waals surface area contributed by atoms with Crippen LogP contribution in [0.2, 0.25) is 0 Å². The fourth-order valence-corrected chi connectivity index (χ4v) is 3.68. The van der Waals surface area contributed by atoms with Crippen molar-refractivity contribution in [3.8, 4) is 0 Å². The second kappa shape index (κ2) is 6.86. The van der Waals surface area contributed by atoms with Gasteiger partial charge >= 0.3 is 0 Å². The highest BCUT2D eigenvalue weighted by atomic mass is 32.1. The van der Waals surface area contributed by atoms with E-state index in [1.807, 2.05) is 11.3 Å². The van der Waals surface area contributed by atoms with Crippen LogP contribution >= 0.6 is 11.3 Å². The molecule has 1 aromatic heterocycles. The Morgan fingerprint density at radius 3 is 2.80 bits per heavy atom. The molecule has 3 N–H and O–H groups in total. The molecular weight excluding hydrogens is 268 g/mol. The number of unbranched alkanes of at least 4 members (excludes halogenated alkanes) is 1. The molecule has 4 heteroatoms. The van der Waals surface area contributed by atoms with Gasteiger partial charge in [0.05, 0.1) is 0 Å². The monoisotopic (exact) mass is 290 g/mol. The lowest BCUT2D eigenvalue weighted by Crippen LogP contribution is -2.20. The molecule has 0 bridgehead atoms. The highest BCUT2D eigenvalue weighted by molar-refractivity contribution is 7.19. The second-order valence-corrected chi connectivity index (χ2v) is 6.27. The summed E-state index contributed by atoms with van der Waals surface area (Å²) >= 11 is 1.86. The molecule has 0 fully saturated rings. The molecule has 1 heterocycles. The second-order valence-electron chi connectivity index (χ2n) is 5.19. The SMILES string of the molecule is Cc1c(C(C)NCCCCC(N)=O)sc2ccccc12. The van der Waals surface area contributed by atoms with E-state index in [0.29, 0.717) is 12.5 Å². The molecule has 0 aliphatic heterocycles. The predicted molar refractivity (Wildman–Crippen MR) is 86.0 cm³/mol. The third-order valence-corrected chi connectivity index (χ3v) is 5.03. The number of aryl methyl sites for hydroxylation is 1. The Balaban J connectivity index is 1.92. The zero-order valence-electron chi connectivity index (χ0n) is 12.1. The average molecular weight is 290 g/mol. The first-order valence-electron chi connectivity index (χ1n) is 7.09. The fourth-order valence-electron chi connectivity index (χ4n) is 2.44. The van der Waals surface area contributed by atoms with Crippen LogP contribution in [-0.4, -0.2) is 12.5 Å². The Morgan fingerprint density at radius 1 is 1.35 bits per heavy atom. The van der Waals surface area contributed by atoms with E-state index in [1.54, 1.807) is 0 Å². The molecule has 0 radical (unpaired) electrons. The van der Waals surface area contributed by atoms with Crippen LogP contribution in [0.4, 0.5) is 0 Å². The summed E-state index contributed by atoms with van der Waals surface area (Å²) in [4.78, 5) is 12.1. The Hall–Kier alpha value is -1.39. The van der Waals surface area contributed by atoms with Gasteiger partial charge in [-0.1, -0.05) is 18.2 Å². The molecule has 1 atom stereocenters. The largest absolute Gasteiger partial charge is 0.370 e. The Kier molecular flexibility index (Phi) is 5.15. The lowest BCUT2D eigenvalue weighted by Gasteiger charge is -2.13. The average Bonchev–Trinajstić information content (AvgIpc) is 2.76. The van der Waals surface area contributed by atoms with E-state index in [-0.39, 0.29) is 5.91 Å². The molecular formula is C16H22N2OS. The lowest BCUT2D eigenvalue weighted by molar-refractivity contribution is -0.118. The van der Waals surface area contributed by atoms with E-state index in [4.69, 9.17) is 5.73 Å². The molecule has 1 amide bonds. The van der Waals surface area contributed by atoms with Gasteiger partial charge < -0.3 is 11.1 Å². The van der Waals surface area contributed by atoms with Crippen LogP contribution in [0.25, 0.3) is 10.1 Å². The van der Waals surface area contributed by atoms with Crippen molar-refractivity contribution >= 4 is 27.3 Å². The molecule has 108 valence electrons. The third-order valence-electron chi connectivity index (χ3n) is 3.57. The van der Waals surface area contributed by atoms with Crippen molar-refractivity contribution in [2.75, 3.05) is 6.54 Å². The number of nitrogens with two attached hydrogens (primary N) is 1. The zero-order valence-corrected chi connectivity index (χ0v) is 12.9. The zero-order chi connectivity index (χ0) is 14.5. The standard InChI is InChI=1S/C16H22N2OS/c1-11-13-7-3-4-8-14(13)20-16(11)12(2)18-10-6-5-9-15(17)19/h3-4,7-8,12,18H,5-6,9-10H2,1-2H3,(H2,17,19). The van der Waals surface area contributed by atoms with Gasteiger partial charge in [-0.25, -0.2) is 0 Å². The van der Waals surface area contributed by atoms with Crippen molar-refractivity contribution < 1.29 is 4.79 Å². The number of primary amides is 1. The number of hydrogen-bond acceptors (Lipinski definition) is 3. The summed E-state index contributed by atoms with van der Waals surface area (Å²) in [7, 11) is 0. The number of amides is 1. The van der Waals surface area contributed by atoms with E-state index in [2.05, 4.69) is 43.4 Å². The smallest absolute Gasteiger partial charge is 0.217 e. The highest BCUT2D eigenvalue weighted by Gasteiger charge is 2.13. The third kappa shape index (κ3) is 3.58. The summed E-state index contributed by atoms with van der Waals surface area (Å²) in [5.74, 6) is -0.210. The van der Waals surface area contributed by atoms with E-state index >= 15 is 0 Å². The van der Waals surface area contributed by atoms with Gasteiger partial charge in [-0.15, -0.1) is 11.3 Å². The van der Waals surface area contributed by atoms with Crippen molar-refractivity contribution in [1.29, 1.82) is 0 Å². The van der Waals surface area contributed by atoms with Gasteiger partial charge in [0.25, 0.3) is 0 Å². The van der Waals surface area contributed by atoms with Gasteiger partial charge in [0.1, 0.15) is 0 Å². The Morgan fingerprint density at radius 2 is 2.10 bits per heavy atom. The normalized spacial score (nSPS) is 12.7. The molecule has 2 rings (SSSR count). The Bertz CT molecular complexity index is 591. The van der Waals surface area contributed by atoms with Crippen molar-refractivity contribution in [2.45, 2.75) is 39.2 Å². The van der Waals surface area contributed by atoms with Crippen molar-refractivity contribution in [3.63, 3.8) is 0 Å². The number of carbonyl (C=O) groups is 1. The van der Waals surface area contributed by atoms with Gasteiger partial charge in [0.2, 0.25) is 5.91 Å². The van der Waals surface area contributed by atoms with Crippen LogP contribution in [0.3, 0.4) is 0 Å². The predicted octanol–water partition coefficient (Wildman–Crippen LogP) is 3.52. The minimum Gasteiger partial charge on any atom is -0.370 e. The van der Waals surface area contributed by atoms with Gasteiger partial charge in [-0.2, -0.15) is 0 Å². The first-order valence-corrected chi connectivity index (χ1v) is 7.91. The number of benzene rings is 1. The first-order chi connectivity index (χ1) is 9.59. The molecule has 0 spiro atoms. The van der Waals surface area contributed by atoms with Gasteiger partial charge in [0, 0.05) is 22.0 Å². The molecule has 1 aromatic carbocycles. The minimum absolute atomic E-state index is 0.210. The fraction of sp³-hybridized carbons (Fsp3) is 0.438. The number of carbonyl (C=O) groups excluding carboxylic acids is 1. The summed E-state index contributed by atoms with van der Waals surface area (Å²) in [5.41, 5.74) is 6.51. The number of nitrogens with one attached hydrogen (secondary N) is 1. The van der Waals surface area contributed by atoms with E-state index < -0.39 is 0 Å². The van der Waals surface area contributed by atoms with Crippen molar-refractivity contribution in [1.82, 2.24) is 5.32 Å². The van der Waals surface area contributed by atoms with Crippen molar-refractivity contribution in [3.05, 3.63) is 34.7 Å². The quantitative estimate of drug-likeness (QED) is 0.767.